The van der Waals surface area contributed by atoms with Gasteiger partial charge in [-0.3, -0.25) is 4.98 Å². The maximum absolute atomic E-state index is 5.19. The van der Waals surface area contributed by atoms with Crippen molar-refractivity contribution in [2.75, 3.05) is 0 Å². The normalized spacial score (nSPS) is 11.5. The lowest BCUT2D eigenvalue weighted by Crippen LogP contribution is -1.96. The molecule has 3 aromatic carbocycles. The SMILES string of the molecule is CCCCc1sc2cc3c(C)nc(-c4ccccc4)c(-c4ccccc4)c3cc2c1CCCC. The van der Waals surface area contributed by atoms with E-state index in [-0.39, 0.29) is 0 Å². The van der Waals surface area contributed by atoms with Gasteiger partial charge in [0.05, 0.1) is 5.69 Å². The molecule has 2 heteroatoms. The lowest BCUT2D eigenvalue weighted by atomic mass is 9.91. The van der Waals surface area contributed by atoms with Gasteiger partial charge in [-0.1, -0.05) is 87.4 Å². The van der Waals surface area contributed by atoms with Crippen LogP contribution in [0.4, 0.5) is 0 Å². The van der Waals surface area contributed by atoms with Crippen LogP contribution in [0.5, 0.6) is 0 Å². The number of rotatable bonds is 8. The van der Waals surface area contributed by atoms with Crippen LogP contribution in [-0.4, -0.2) is 4.98 Å². The van der Waals surface area contributed by atoms with E-state index in [4.69, 9.17) is 4.98 Å². The predicted molar refractivity (Wildman–Crippen MR) is 150 cm³/mol. The number of hydrogen-bond donors (Lipinski definition) is 0. The number of benzene rings is 3. The van der Waals surface area contributed by atoms with Gasteiger partial charge in [-0.15, -0.1) is 11.3 Å². The molecule has 0 N–H and O–H groups in total. The maximum Gasteiger partial charge on any atom is 0.0789 e. The molecule has 0 fully saturated rings. The van der Waals surface area contributed by atoms with Crippen molar-refractivity contribution >= 4 is 32.2 Å². The first-order chi connectivity index (χ1) is 16.7. The molecule has 1 nitrogen and oxygen atoms in total. The van der Waals surface area contributed by atoms with Crippen LogP contribution in [0, 0.1) is 6.92 Å². The number of unbranched alkanes of at least 4 members (excludes halogenated alkanes) is 2. The van der Waals surface area contributed by atoms with Crippen LogP contribution in [0.25, 0.3) is 43.2 Å². The largest absolute Gasteiger partial charge is 0.252 e. The molecule has 34 heavy (non-hydrogen) atoms. The summed E-state index contributed by atoms with van der Waals surface area (Å²) in [5.41, 5.74) is 7.42. The molecule has 0 aliphatic carbocycles. The van der Waals surface area contributed by atoms with Crippen LogP contribution in [-0.2, 0) is 12.8 Å². The second-order valence-electron chi connectivity index (χ2n) is 9.26. The molecule has 2 aromatic heterocycles. The second-order valence-corrected chi connectivity index (χ2v) is 10.4. The Balaban J connectivity index is 1.84. The van der Waals surface area contributed by atoms with Crippen molar-refractivity contribution in [3.8, 4) is 22.4 Å². The Labute approximate surface area is 207 Å². The highest BCUT2D eigenvalue weighted by Crippen LogP contribution is 2.42. The van der Waals surface area contributed by atoms with Crippen molar-refractivity contribution in [2.24, 2.45) is 0 Å². The van der Waals surface area contributed by atoms with Crippen molar-refractivity contribution in [2.45, 2.75) is 59.3 Å². The third-order valence-corrected chi connectivity index (χ3v) is 8.09. The van der Waals surface area contributed by atoms with E-state index in [1.54, 1.807) is 10.4 Å². The van der Waals surface area contributed by atoms with Crippen molar-refractivity contribution in [1.29, 1.82) is 0 Å². The van der Waals surface area contributed by atoms with E-state index in [9.17, 15) is 0 Å². The highest BCUT2D eigenvalue weighted by atomic mass is 32.1. The first kappa shape index (κ1) is 22.8. The maximum atomic E-state index is 5.19. The Morgan fingerprint density at radius 2 is 1.35 bits per heavy atom. The van der Waals surface area contributed by atoms with E-state index < -0.39 is 0 Å². The van der Waals surface area contributed by atoms with Gasteiger partial charge in [0.2, 0.25) is 0 Å². The number of nitrogens with zero attached hydrogens (tertiary/aromatic N) is 1. The summed E-state index contributed by atoms with van der Waals surface area (Å²) in [5.74, 6) is 0. The van der Waals surface area contributed by atoms with Crippen molar-refractivity contribution in [1.82, 2.24) is 4.98 Å². The average Bonchev–Trinajstić information content (AvgIpc) is 3.22. The van der Waals surface area contributed by atoms with E-state index in [1.165, 1.54) is 76.1 Å². The number of fused-ring (bicyclic) bond motifs is 2. The highest BCUT2D eigenvalue weighted by molar-refractivity contribution is 7.19. The Kier molecular flexibility index (Phi) is 6.78. The monoisotopic (exact) mass is 463 g/mol. The van der Waals surface area contributed by atoms with E-state index in [1.807, 2.05) is 11.3 Å². The fourth-order valence-electron chi connectivity index (χ4n) is 5.03. The molecule has 0 aliphatic heterocycles. The zero-order valence-corrected chi connectivity index (χ0v) is 21.3. The standard InChI is InChI=1S/C32H33NS/c1-4-6-18-25-27-20-28-26(21-30(27)34-29(25)19-7-5-2)22(3)33-32(24-16-12-9-13-17-24)31(28)23-14-10-8-11-15-23/h8-17,20-21H,4-7,18-19H2,1-3H3. The van der Waals surface area contributed by atoms with Gasteiger partial charge in [0.15, 0.2) is 0 Å². The average molecular weight is 464 g/mol. The summed E-state index contributed by atoms with van der Waals surface area (Å²) in [6.45, 7) is 6.75. The molecule has 0 aliphatic rings. The fourth-order valence-corrected chi connectivity index (χ4v) is 6.35. The number of hydrogen-bond acceptors (Lipinski definition) is 2. The molecule has 0 bridgehead atoms. The van der Waals surface area contributed by atoms with Gasteiger partial charge in [-0.25, -0.2) is 0 Å². The summed E-state index contributed by atoms with van der Waals surface area (Å²) >= 11 is 2.01. The topological polar surface area (TPSA) is 12.9 Å². The third-order valence-electron chi connectivity index (χ3n) is 6.84. The van der Waals surface area contributed by atoms with Crippen LogP contribution >= 0.6 is 11.3 Å². The molecule has 0 saturated carbocycles. The Hall–Kier alpha value is -2.97. The van der Waals surface area contributed by atoms with Crippen LogP contribution in [0.15, 0.2) is 72.8 Å². The molecule has 0 atom stereocenters. The Morgan fingerprint density at radius 3 is 2.03 bits per heavy atom. The Morgan fingerprint density at radius 1 is 0.706 bits per heavy atom. The van der Waals surface area contributed by atoms with E-state index >= 15 is 0 Å². The lowest BCUT2D eigenvalue weighted by Gasteiger charge is -2.16. The fraction of sp³-hybridized carbons (Fsp3) is 0.281. The molecule has 0 amide bonds. The van der Waals surface area contributed by atoms with E-state index in [0.717, 1.165) is 11.4 Å². The van der Waals surface area contributed by atoms with Gasteiger partial charge < -0.3 is 0 Å². The van der Waals surface area contributed by atoms with Gasteiger partial charge in [-0.2, -0.15) is 0 Å². The van der Waals surface area contributed by atoms with Crippen LogP contribution < -0.4 is 0 Å². The smallest absolute Gasteiger partial charge is 0.0789 e. The second kappa shape index (κ2) is 10.1. The van der Waals surface area contributed by atoms with Crippen molar-refractivity contribution in [3.05, 3.63) is 88.9 Å². The minimum absolute atomic E-state index is 1.08. The lowest BCUT2D eigenvalue weighted by molar-refractivity contribution is 0.770. The zero-order valence-electron chi connectivity index (χ0n) is 20.5. The summed E-state index contributed by atoms with van der Waals surface area (Å²) in [4.78, 5) is 6.78. The van der Waals surface area contributed by atoms with Crippen molar-refractivity contribution < 1.29 is 0 Å². The first-order valence-corrected chi connectivity index (χ1v) is 13.5. The van der Waals surface area contributed by atoms with Gasteiger partial charge >= 0.3 is 0 Å². The van der Waals surface area contributed by atoms with Gasteiger partial charge in [0, 0.05) is 31.8 Å². The summed E-state index contributed by atoms with van der Waals surface area (Å²) in [6.07, 6.45) is 7.36. The zero-order chi connectivity index (χ0) is 23.5. The third kappa shape index (κ3) is 4.28. The minimum atomic E-state index is 1.08. The van der Waals surface area contributed by atoms with Crippen LogP contribution in [0.2, 0.25) is 0 Å². The quantitative estimate of drug-likeness (QED) is 0.223. The summed E-state index contributed by atoms with van der Waals surface area (Å²) in [6, 6.07) is 26.4. The molecule has 5 aromatic rings. The number of aryl methyl sites for hydroxylation is 3. The van der Waals surface area contributed by atoms with E-state index in [2.05, 4.69) is 93.6 Å². The van der Waals surface area contributed by atoms with E-state index in [0.29, 0.717) is 0 Å². The van der Waals surface area contributed by atoms with Gasteiger partial charge in [0.1, 0.15) is 0 Å². The molecule has 2 heterocycles. The molecule has 0 unspecified atom stereocenters. The first-order valence-electron chi connectivity index (χ1n) is 12.7. The predicted octanol–water partition coefficient (Wildman–Crippen LogP) is 9.78. The molecule has 5 rings (SSSR count). The molecule has 0 radical (unpaired) electrons. The highest BCUT2D eigenvalue weighted by Gasteiger charge is 2.19. The summed E-state index contributed by atoms with van der Waals surface area (Å²) < 4.78 is 1.42. The molecule has 172 valence electrons. The summed E-state index contributed by atoms with van der Waals surface area (Å²) in [7, 11) is 0. The van der Waals surface area contributed by atoms with Crippen LogP contribution in [0.3, 0.4) is 0 Å². The Bertz CT molecular complexity index is 1410. The number of pyridine rings is 1. The number of thiophene rings is 1. The molecule has 0 spiro atoms. The summed E-state index contributed by atoms with van der Waals surface area (Å²) in [5, 5.41) is 4.05. The van der Waals surface area contributed by atoms with Gasteiger partial charge in [0.25, 0.3) is 0 Å². The van der Waals surface area contributed by atoms with Crippen molar-refractivity contribution in [3.63, 3.8) is 0 Å². The minimum Gasteiger partial charge on any atom is -0.252 e. The van der Waals surface area contributed by atoms with Crippen LogP contribution in [0.1, 0.15) is 55.7 Å². The number of aromatic nitrogens is 1. The molecular weight excluding hydrogens is 430 g/mol. The van der Waals surface area contributed by atoms with Gasteiger partial charge in [-0.05, 0) is 66.6 Å². The molecular formula is C32H33NS. The molecule has 0 saturated heterocycles.